The Morgan fingerprint density at radius 2 is 1.87 bits per heavy atom. The van der Waals surface area contributed by atoms with Gasteiger partial charge in [-0.2, -0.15) is 0 Å². The van der Waals surface area contributed by atoms with E-state index in [4.69, 9.17) is 0 Å². The van der Waals surface area contributed by atoms with Crippen LogP contribution < -0.4 is 0 Å². The minimum atomic E-state index is -0.827. The Balaban J connectivity index is 1.92. The van der Waals surface area contributed by atoms with Crippen LogP contribution in [0.5, 0.6) is 0 Å². The van der Waals surface area contributed by atoms with Gasteiger partial charge < -0.3 is 0 Å². The molecule has 0 spiro atoms. The van der Waals surface area contributed by atoms with Crippen LogP contribution in [0, 0.1) is 26.6 Å². The van der Waals surface area contributed by atoms with Crippen LogP contribution in [0.4, 0.5) is 9.18 Å². The largest absolute Gasteiger partial charge is 0.421 e. The fourth-order valence-corrected chi connectivity index (χ4v) is 3.85. The van der Waals surface area contributed by atoms with E-state index in [0.29, 0.717) is 17.4 Å². The van der Waals surface area contributed by atoms with Crippen molar-refractivity contribution in [3.63, 3.8) is 0 Å². The van der Waals surface area contributed by atoms with Crippen LogP contribution in [0.1, 0.15) is 29.4 Å². The fourth-order valence-electron chi connectivity index (χ4n) is 3.85. The molecule has 1 unspecified atom stereocenters. The highest BCUT2D eigenvalue weighted by molar-refractivity contribution is 6.22. The zero-order valence-corrected chi connectivity index (χ0v) is 17.7. The molecule has 4 rings (SSSR count). The zero-order valence-electron chi connectivity index (χ0n) is 17.7. The molecule has 9 heteroatoms. The lowest BCUT2D eigenvalue weighted by molar-refractivity contribution is -0.553. The van der Waals surface area contributed by atoms with E-state index in [-0.39, 0.29) is 24.8 Å². The number of nitrogens with zero attached hydrogens (tertiary/aromatic N) is 6. The molecule has 0 radical (unpaired) electrons. The highest BCUT2D eigenvalue weighted by Crippen LogP contribution is 2.24. The van der Waals surface area contributed by atoms with E-state index in [1.165, 1.54) is 15.9 Å². The molecule has 8 nitrogen and oxygen atoms in total. The van der Waals surface area contributed by atoms with Gasteiger partial charge in [-0.15, -0.1) is 9.78 Å². The lowest BCUT2D eigenvalue weighted by Gasteiger charge is -2.33. The number of likely N-dealkylation sites (N-methyl/N-ethyl adjacent to an activating group) is 2. The predicted molar refractivity (Wildman–Crippen MR) is 109 cm³/mol. The van der Waals surface area contributed by atoms with Gasteiger partial charge in [-0.05, 0) is 33.8 Å². The van der Waals surface area contributed by atoms with Crippen molar-refractivity contribution >= 4 is 23.7 Å². The number of hydrogen-bond donors (Lipinski definition) is 0. The first-order valence-corrected chi connectivity index (χ1v) is 9.84. The Morgan fingerprint density at radius 1 is 1.17 bits per heavy atom. The maximum absolute atomic E-state index is 14.5. The lowest BCUT2D eigenvalue weighted by Crippen LogP contribution is -2.62. The molecule has 1 fully saturated rings. The van der Waals surface area contributed by atoms with Gasteiger partial charge in [0.25, 0.3) is 5.91 Å². The van der Waals surface area contributed by atoms with Gasteiger partial charge >= 0.3 is 12.0 Å². The second-order valence-corrected chi connectivity index (χ2v) is 7.52. The van der Waals surface area contributed by atoms with Crippen molar-refractivity contribution in [2.75, 3.05) is 13.6 Å². The first-order chi connectivity index (χ1) is 14.3. The number of aromatic nitrogens is 2. The molecule has 1 aromatic carbocycles. The van der Waals surface area contributed by atoms with Gasteiger partial charge in [0.2, 0.25) is 11.9 Å². The number of carbonyl (C=O) groups excluding carboxylic acids is 2. The number of aryl methyl sites for hydroxylation is 1. The molecule has 0 aliphatic carbocycles. The molecule has 0 bridgehead atoms. The monoisotopic (exact) mass is 411 g/mol. The van der Waals surface area contributed by atoms with Crippen molar-refractivity contribution in [3.05, 3.63) is 52.6 Å². The third kappa shape index (κ3) is 2.84. The third-order valence-corrected chi connectivity index (χ3v) is 5.85. The van der Waals surface area contributed by atoms with Crippen molar-refractivity contribution in [2.45, 2.75) is 40.3 Å². The Kier molecular flexibility index (Phi) is 4.76. The summed E-state index contributed by atoms with van der Waals surface area (Å²) in [5.74, 6) is -0.0111. The van der Waals surface area contributed by atoms with E-state index in [1.807, 2.05) is 20.8 Å². The van der Waals surface area contributed by atoms with Gasteiger partial charge in [0.1, 0.15) is 11.5 Å². The highest BCUT2D eigenvalue weighted by atomic mass is 19.1. The third-order valence-electron chi connectivity index (χ3n) is 5.85. The molecule has 156 valence electrons. The van der Waals surface area contributed by atoms with E-state index in [2.05, 4.69) is 10.1 Å². The molecular formula is C21H24FN6O2+. The molecule has 3 amide bonds. The van der Waals surface area contributed by atoms with Crippen LogP contribution in [0.2, 0.25) is 0 Å². The summed E-state index contributed by atoms with van der Waals surface area (Å²) in [7, 11) is 1.60. The molecule has 2 aliphatic rings. The zero-order chi connectivity index (χ0) is 21.7. The number of fused-ring (bicyclic) bond motifs is 1. The van der Waals surface area contributed by atoms with Gasteiger partial charge in [-0.1, -0.05) is 23.2 Å². The highest BCUT2D eigenvalue weighted by Gasteiger charge is 2.53. The summed E-state index contributed by atoms with van der Waals surface area (Å²) in [4.78, 5) is 33.1. The summed E-state index contributed by atoms with van der Waals surface area (Å²) in [5, 5.41) is 4.58. The van der Waals surface area contributed by atoms with Crippen LogP contribution in [-0.4, -0.2) is 67.5 Å². The molecule has 1 saturated heterocycles. The number of rotatable bonds is 3. The van der Waals surface area contributed by atoms with Gasteiger partial charge in [-0.25, -0.2) is 13.8 Å². The van der Waals surface area contributed by atoms with E-state index < -0.39 is 12.1 Å². The number of amides is 3. The van der Waals surface area contributed by atoms with E-state index in [9.17, 15) is 14.0 Å². The Bertz CT molecular complexity index is 1130. The summed E-state index contributed by atoms with van der Waals surface area (Å²) < 4.78 is 17.9. The SMILES string of the molecule is CCN1C(=O)C2C(=NC(n3nc(C)c(C)c3C)=[N+]2Cc2ccccc2F)N(C)C1=O. The van der Waals surface area contributed by atoms with E-state index >= 15 is 0 Å². The topological polar surface area (TPSA) is 73.8 Å². The standard InChI is InChI=1S/C21H24FN6O2/c1-6-26-19(29)17-18(25(5)21(26)30)23-20(28-14(4)12(2)13(3)24-28)27(17)11-15-9-7-8-10-16(15)22/h7-10,17H,6,11H2,1-5H3/q+1. The second kappa shape index (κ2) is 7.16. The van der Waals surface area contributed by atoms with Gasteiger partial charge in [-0.3, -0.25) is 14.6 Å². The predicted octanol–water partition coefficient (Wildman–Crippen LogP) is 2.06. The quantitative estimate of drug-likeness (QED) is 0.726. The van der Waals surface area contributed by atoms with Crippen molar-refractivity contribution in [1.29, 1.82) is 0 Å². The number of carbonyl (C=O) groups is 2. The molecule has 1 aromatic heterocycles. The maximum atomic E-state index is 14.5. The Labute approximate surface area is 173 Å². The maximum Gasteiger partial charge on any atom is 0.421 e. The Morgan fingerprint density at radius 3 is 2.47 bits per heavy atom. The number of aliphatic imine (C=N–C) groups is 1. The molecule has 0 N–H and O–H groups in total. The fraction of sp³-hybridized carbons (Fsp3) is 0.381. The lowest BCUT2D eigenvalue weighted by atomic mass is 10.1. The number of urea groups is 1. The van der Waals surface area contributed by atoms with Gasteiger partial charge in [0.15, 0.2) is 0 Å². The first-order valence-electron chi connectivity index (χ1n) is 9.84. The summed E-state index contributed by atoms with van der Waals surface area (Å²) in [6.45, 7) is 7.88. The summed E-state index contributed by atoms with van der Waals surface area (Å²) in [6, 6.07) is 5.19. The number of benzene rings is 1. The number of hydrogen-bond acceptors (Lipinski definition) is 4. The average Bonchev–Trinajstić information content (AvgIpc) is 3.21. The smallest absolute Gasteiger partial charge is 0.270 e. The van der Waals surface area contributed by atoms with Crippen molar-refractivity contribution in [1.82, 2.24) is 19.6 Å². The van der Waals surface area contributed by atoms with Gasteiger partial charge in [0.05, 0.1) is 12.2 Å². The molecule has 2 aromatic rings. The first kappa shape index (κ1) is 19.9. The average molecular weight is 411 g/mol. The van der Waals surface area contributed by atoms with Crippen LogP contribution in [0.15, 0.2) is 29.3 Å². The van der Waals surface area contributed by atoms with E-state index in [0.717, 1.165) is 17.0 Å². The number of halogens is 1. The van der Waals surface area contributed by atoms with Crippen molar-refractivity contribution < 1.29 is 18.6 Å². The second-order valence-electron chi connectivity index (χ2n) is 7.52. The molecule has 2 aliphatic heterocycles. The summed E-state index contributed by atoms with van der Waals surface area (Å²) in [6.07, 6.45) is 0. The van der Waals surface area contributed by atoms with Crippen molar-refractivity contribution in [2.24, 2.45) is 4.99 Å². The van der Waals surface area contributed by atoms with Crippen LogP contribution in [0.25, 0.3) is 0 Å². The Hall–Kier alpha value is -3.36. The minimum absolute atomic E-state index is 0.113. The van der Waals surface area contributed by atoms with Crippen LogP contribution in [-0.2, 0) is 11.3 Å². The number of imide groups is 1. The summed E-state index contributed by atoms with van der Waals surface area (Å²) >= 11 is 0. The minimum Gasteiger partial charge on any atom is -0.270 e. The molecule has 3 heterocycles. The van der Waals surface area contributed by atoms with Crippen LogP contribution >= 0.6 is 0 Å². The molecule has 0 saturated carbocycles. The van der Waals surface area contributed by atoms with E-state index in [1.54, 1.807) is 41.4 Å². The number of amidine groups is 1. The summed E-state index contributed by atoms with van der Waals surface area (Å²) in [5.41, 5.74) is 3.15. The molecule has 30 heavy (non-hydrogen) atoms. The molecular weight excluding hydrogens is 387 g/mol. The molecule has 1 atom stereocenters. The normalized spacial score (nSPS) is 19.0. The van der Waals surface area contributed by atoms with Crippen molar-refractivity contribution in [3.8, 4) is 0 Å². The van der Waals surface area contributed by atoms with Crippen LogP contribution in [0.3, 0.4) is 0 Å². The van der Waals surface area contributed by atoms with Gasteiger partial charge in [0, 0.05) is 24.7 Å².